The van der Waals surface area contributed by atoms with E-state index in [1.165, 1.54) is 67.5 Å². The van der Waals surface area contributed by atoms with Gasteiger partial charge in [0, 0.05) is 45.3 Å². The minimum absolute atomic E-state index is 0.0370. The molecule has 0 amide bonds. The minimum atomic E-state index is -0.0370. The second-order valence-corrected chi connectivity index (χ2v) is 12.3. The van der Waals surface area contributed by atoms with Gasteiger partial charge in [0.25, 0.3) is 0 Å². The van der Waals surface area contributed by atoms with Crippen molar-refractivity contribution < 1.29 is 0 Å². The average Bonchev–Trinajstić information content (AvgIpc) is 3.35. The van der Waals surface area contributed by atoms with E-state index in [0.717, 1.165) is 6.42 Å². The average molecular weight is 543 g/mol. The topological polar surface area (TPSA) is 6.48 Å². The van der Waals surface area contributed by atoms with Gasteiger partial charge in [0.1, 0.15) is 0 Å². The Morgan fingerprint density at radius 1 is 0.714 bits per heavy atom. The Labute approximate surface area is 248 Å². The van der Waals surface area contributed by atoms with Gasteiger partial charge in [0.05, 0.1) is 5.69 Å². The molecule has 1 aliphatic carbocycles. The van der Waals surface area contributed by atoms with Crippen molar-refractivity contribution in [1.82, 2.24) is 0 Å². The van der Waals surface area contributed by atoms with E-state index in [4.69, 9.17) is 0 Å². The SMILES string of the molecule is Cc1cccc(N(c2ccc3c(c2)C2CC=CC4=C2N3c2ccccc2C4(C)C)c2ccccc2-c2ccccc2)c1. The lowest BCUT2D eigenvalue weighted by molar-refractivity contribution is 0.598. The fraction of sp³-hybridized carbons (Fsp3) is 0.150. The van der Waals surface area contributed by atoms with Crippen LogP contribution in [0.15, 0.2) is 145 Å². The van der Waals surface area contributed by atoms with Gasteiger partial charge in [-0.05, 0) is 83.6 Å². The van der Waals surface area contributed by atoms with Crippen LogP contribution in [-0.4, -0.2) is 0 Å². The zero-order valence-corrected chi connectivity index (χ0v) is 24.4. The maximum atomic E-state index is 2.55. The van der Waals surface area contributed by atoms with E-state index < -0.39 is 0 Å². The van der Waals surface area contributed by atoms with Crippen LogP contribution in [0, 0.1) is 6.92 Å². The number of allylic oxidation sites excluding steroid dienone is 4. The summed E-state index contributed by atoms with van der Waals surface area (Å²) in [6.45, 7) is 6.94. The number of rotatable bonds is 4. The molecule has 1 unspecified atom stereocenters. The van der Waals surface area contributed by atoms with Gasteiger partial charge in [-0.2, -0.15) is 0 Å². The van der Waals surface area contributed by atoms with Gasteiger partial charge in [0.15, 0.2) is 0 Å². The highest BCUT2D eigenvalue weighted by Gasteiger charge is 2.46. The van der Waals surface area contributed by atoms with Crippen LogP contribution in [0.1, 0.15) is 42.9 Å². The van der Waals surface area contributed by atoms with E-state index in [1.807, 2.05) is 0 Å². The summed E-state index contributed by atoms with van der Waals surface area (Å²) in [6, 6.07) is 44.5. The first-order valence-corrected chi connectivity index (χ1v) is 15.0. The van der Waals surface area contributed by atoms with E-state index in [-0.39, 0.29) is 5.41 Å². The number of anilines is 5. The Balaban J connectivity index is 1.35. The number of para-hydroxylation sites is 2. The molecule has 0 N–H and O–H groups in total. The highest BCUT2D eigenvalue weighted by molar-refractivity contribution is 5.91. The summed E-state index contributed by atoms with van der Waals surface area (Å²) in [6.07, 6.45) is 5.80. The summed E-state index contributed by atoms with van der Waals surface area (Å²) in [5.74, 6) is 0.344. The first kappa shape index (κ1) is 24.9. The number of hydrogen-bond donors (Lipinski definition) is 0. The second-order valence-electron chi connectivity index (χ2n) is 12.3. The maximum Gasteiger partial charge on any atom is 0.0540 e. The summed E-state index contributed by atoms with van der Waals surface area (Å²) >= 11 is 0. The standard InChI is InChI=1S/C40H34N2/c1-27-13-11-16-29(25-27)41(36-21-9-7-17-31(36)28-14-5-4-6-15-28)30-23-24-37-33(26-30)32-18-12-20-35-39(32)42(37)38-22-10-8-19-34(38)40(35,2)3/h4-17,19-26,32H,18H2,1-3H3. The van der Waals surface area contributed by atoms with Crippen LogP contribution in [-0.2, 0) is 5.41 Å². The van der Waals surface area contributed by atoms with Gasteiger partial charge in [-0.15, -0.1) is 0 Å². The molecule has 5 aromatic carbocycles. The van der Waals surface area contributed by atoms with Crippen molar-refractivity contribution in [2.24, 2.45) is 0 Å². The quantitative estimate of drug-likeness (QED) is 0.223. The summed E-state index contributed by atoms with van der Waals surface area (Å²) in [4.78, 5) is 5.00. The Hall–Kier alpha value is -4.82. The minimum Gasteiger partial charge on any atom is -0.313 e. The molecule has 2 nitrogen and oxygen atoms in total. The molecule has 1 atom stereocenters. The smallest absolute Gasteiger partial charge is 0.0540 e. The lowest BCUT2D eigenvalue weighted by Crippen LogP contribution is -2.33. The number of nitrogens with zero attached hydrogens (tertiary/aromatic N) is 2. The highest BCUT2D eigenvalue weighted by atomic mass is 15.2. The van der Waals surface area contributed by atoms with Crippen molar-refractivity contribution in [1.29, 1.82) is 0 Å². The predicted octanol–water partition coefficient (Wildman–Crippen LogP) is 10.9. The Bertz CT molecular complexity index is 1910. The summed E-state index contributed by atoms with van der Waals surface area (Å²) in [7, 11) is 0. The van der Waals surface area contributed by atoms with Crippen LogP contribution in [0.4, 0.5) is 28.4 Å². The molecule has 0 radical (unpaired) electrons. The fourth-order valence-corrected chi connectivity index (χ4v) is 7.41. The molecule has 5 aromatic rings. The molecule has 204 valence electrons. The molecule has 42 heavy (non-hydrogen) atoms. The number of aryl methyl sites for hydroxylation is 1. The van der Waals surface area contributed by atoms with E-state index in [9.17, 15) is 0 Å². The van der Waals surface area contributed by atoms with Crippen LogP contribution >= 0.6 is 0 Å². The third kappa shape index (κ3) is 3.65. The molecule has 2 aliphatic heterocycles. The third-order valence-corrected chi connectivity index (χ3v) is 9.37. The highest BCUT2D eigenvalue weighted by Crippen LogP contribution is 2.60. The monoisotopic (exact) mass is 542 g/mol. The first-order valence-electron chi connectivity index (χ1n) is 15.0. The molecule has 2 heteroatoms. The lowest BCUT2D eigenvalue weighted by atomic mass is 9.70. The zero-order valence-electron chi connectivity index (χ0n) is 24.4. The molecule has 0 aromatic heterocycles. The molecule has 0 saturated heterocycles. The summed E-state index contributed by atoms with van der Waals surface area (Å²) < 4.78 is 0. The van der Waals surface area contributed by atoms with Gasteiger partial charge < -0.3 is 9.80 Å². The van der Waals surface area contributed by atoms with E-state index in [2.05, 4.69) is 164 Å². The largest absolute Gasteiger partial charge is 0.313 e. The fourth-order valence-electron chi connectivity index (χ4n) is 7.41. The number of benzene rings is 5. The van der Waals surface area contributed by atoms with Crippen molar-refractivity contribution in [3.63, 3.8) is 0 Å². The number of hydrogen-bond acceptors (Lipinski definition) is 2. The van der Waals surface area contributed by atoms with E-state index >= 15 is 0 Å². The van der Waals surface area contributed by atoms with Gasteiger partial charge >= 0.3 is 0 Å². The van der Waals surface area contributed by atoms with Crippen molar-refractivity contribution in [2.45, 2.75) is 38.5 Å². The molecular formula is C40H34N2. The first-order chi connectivity index (χ1) is 20.5. The lowest BCUT2D eigenvalue weighted by Gasteiger charge is -2.42. The number of fused-ring (bicyclic) bond motifs is 5. The summed E-state index contributed by atoms with van der Waals surface area (Å²) in [5.41, 5.74) is 15.5. The molecule has 2 heterocycles. The van der Waals surface area contributed by atoms with E-state index in [0.29, 0.717) is 5.92 Å². The van der Waals surface area contributed by atoms with E-state index in [1.54, 1.807) is 0 Å². The third-order valence-electron chi connectivity index (χ3n) is 9.37. The van der Waals surface area contributed by atoms with Gasteiger partial charge in [-0.3, -0.25) is 0 Å². The summed E-state index contributed by atoms with van der Waals surface area (Å²) in [5, 5.41) is 0. The van der Waals surface area contributed by atoms with Gasteiger partial charge in [-0.1, -0.05) is 105 Å². The molecule has 0 spiro atoms. The van der Waals surface area contributed by atoms with Gasteiger partial charge in [0.2, 0.25) is 0 Å². The zero-order chi connectivity index (χ0) is 28.4. The molecular weight excluding hydrogens is 508 g/mol. The molecule has 0 bridgehead atoms. The van der Waals surface area contributed by atoms with Crippen molar-refractivity contribution in [2.75, 3.05) is 9.80 Å². The van der Waals surface area contributed by atoms with Crippen LogP contribution in [0.2, 0.25) is 0 Å². The predicted molar refractivity (Wildman–Crippen MR) is 176 cm³/mol. The normalized spacial score (nSPS) is 17.5. The van der Waals surface area contributed by atoms with Crippen LogP contribution in [0.25, 0.3) is 11.1 Å². The van der Waals surface area contributed by atoms with Crippen molar-refractivity contribution in [3.8, 4) is 11.1 Å². The van der Waals surface area contributed by atoms with Crippen molar-refractivity contribution in [3.05, 3.63) is 161 Å². The Morgan fingerprint density at radius 2 is 1.48 bits per heavy atom. The molecule has 8 rings (SSSR count). The van der Waals surface area contributed by atoms with Crippen molar-refractivity contribution >= 4 is 28.4 Å². The molecule has 0 saturated carbocycles. The molecule has 0 fully saturated rings. The van der Waals surface area contributed by atoms with Gasteiger partial charge in [-0.25, -0.2) is 0 Å². The van der Waals surface area contributed by atoms with Crippen LogP contribution in [0.5, 0.6) is 0 Å². The van der Waals surface area contributed by atoms with Crippen LogP contribution in [0.3, 0.4) is 0 Å². The maximum absolute atomic E-state index is 2.55. The Morgan fingerprint density at radius 3 is 2.33 bits per heavy atom. The Kier molecular flexibility index (Phi) is 5.55. The second kappa shape index (κ2) is 9.36. The molecule has 3 aliphatic rings. The van der Waals surface area contributed by atoms with Crippen LogP contribution < -0.4 is 9.80 Å².